The average Bonchev–Trinajstić information content (AvgIpc) is 3.86. The van der Waals surface area contributed by atoms with Gasteiger partial charge in [-0.3, -0.25) is 0 Å². The molecule has 3 aliphatic rings. The van der Waals surface area contributed by atoms with Crippen LogP contribution in [0.4, 0.5) is 0 Å². The molecule has 9 aromatic carbocycles. The van der Waals surface area contributed by atoms with Crippen LogP contribution in [-0.4, -0.2) is 0 Å². The Morgan fingerprint density at radius 1 is 0.527 bits per heavy atom. The van der Waals surface area contributed by atoms with Gasteiger partial charge in [-0.2, -0.15) is 12.5 Å². The van der Waals surface area contributed by atoms with Crippen LogP contribution >= 0.6 is 0 Å². The van der Waals surface area contributed by atoms with Crippen molar-refractivity contribution < 1.29 is 0 Å². The van der Waals surface area contributed by atoms with E-state index in [4.69, 9.17) is 6.92 Å². The summed E-state index contributed by atoms with van der Waals surface area (Å²) < 4.78 is 0. The molecule has 0 saturated carbocycles. The predicted octanol–water partition coefficient (Wildman–Crippen LogP) is 20.5. The molecular weight excluding hydrogens is 889 g/mol. The van der Waals surface area contributed by atoms with Crippen LogP contribution in [0.15, 0.2) is 145 Å². The van der Waals surface area contributed by atoms with Crippen molar-refractivity contribution in [1.29, 1.82) is 0 Å². The summed E-state index contributed by atoms with van der Waals surface area (Å²) in [6, 6.07) is 39.2. The van der Waals surface area contributed by atoms with Crippen LogP contribution in [0.2, 0.25) is 0 Å². The standard InChI is InChI=1S/C74H75/c1-15-52-58-41-63-64(42-59(58)60-38-47-20-16-17-23-53(47)43(2)65(52)60)68(62-40-51(74(12,13)14)35-37-55(62)45-28-32-49(33-29-45)72(6,7)8)70-57-25-19-22-46-21-18-24-56(66(46)57)69(70)67(63)61-39-50(73(9,10)11)34-36-54(61)44-26-30-48(31-27-44)71(3,4)5/h15,17-19,21-26,28-30,32-42,55,62H,2,16,20,27,31H2,1,3-14H3/q-1/b52-15-. The van der Waals surface area contributed by atoms with Gasteiger partial charge in [-0.05, 0) is 176 Å². The first-order valence-electron chi connectivity index (χ1n) is 27.7. The number of hydrogen-bond donors (Lipinski definition) is 0. The molecule has 0 fully saturated rings. The van der Waals surface area contributed by atoms with E-state index < -0.39 is 0 Å². The zero-order valence-electron chi connectivity index (χ0n) is 46.5. The van der Waals surface area contributed by atoms with Gasteiger partial charge in [0.1, 0.15) is 0 Å². The number of allylic oxidation sites excluding steroid dienone is 9. The molecule has 0 heterocycles. The van der Waals surface area contributed by atoms with Gasteiger partial charge in [0.2, 0.25) is 0 Å². The molecule has 0 aromatic heterocycles. The smallest absolute Gasteiger partial charge is 0.0140 e. The Morgan fingerprint density at radius 2 is 1.22 bits per heavy atom. The highest BCUT2D eigenvalue weighted by molar-refractivity contribution is 6.38. The molecular formula is C74H75-. The first-order chi connectivity index (χ1) is 35.1. The van der Waals surface area contributed by atoms with Crippen LogP contribution < -0.4 is 5.22 Å². The lowest BCUT2D eigenvalue weighted by Crippen LogP contribution is -2.18. The van der Waals surface area contributed by atoms with E-state index in [0.717, 1.165) is 31.2 Å². The Hall–Kier alpha value is -6.63. The summed E-state index contributed by atoms with van der Waals surface area (Å²) in [5.74, 6) is 0.160. The summed E-state index contributed by atoms with van der Waals surface area (Å²) in [4.78, 5) is 0. The summed E-state index contributed by atoms with van der Waals surface area (Å²) in [6.45, 7) is 35.5. The van der Waals surface area contributed by atoms with E-state index in [-0.39, 0.29) is 33.5 Å². The first kappa shape index (κ1) is 48.3. The number of fused-ring (bicyclic) bond motifs is 8. The van der Waals surface area contributed by atoms with Crippen LogP contribution in [-0.2, 0) is 17.3 Å². The lowest BCUT2D eigenvalue weighted by molar-refractivity contribution is 0.482. The molecule has 12 rings (SSSR count). The van der Waals surface area contributed by atoms with Gasteiger partial charge in [0.15, 0.2) is 0 Å². The molecule has 0 aliphatic heterocycles. The van der Waals surface area contributed by atoms with Crippen molar-refractivity contribution in [3.63, 3.8) is 0 Å². The largest absolute Gasteiger partial charge is 0.198 e. The van der Waals surface area contributed by atoms with Gasteiger partial charge < -0.3 is 0 Å². The third-order valence-corrected chi connectivity index (χ3v) is 17.7. The SMILES string of the molecule is [CH2-]c1c2c(cc3c1/c(=C\C)c1cc4c(-c5cc(C(C)(C)C)ccc5C5=CC=C(C(C)(C)C)CC5)c5c6cccc7cccc(c5c(C5C=C(C(C)(C)C)C=CC5c5ccc(C(C)(C)C)cc5)c4cc13)c76)CCC=C2. The molecule has 0 amide bonds. The van der Waals surface area contributed by atoms with Gasteiger partial charge in [-0.25, -0.2) is 0 Å². The summed E-state index contributed by atoms with van der Waals surface area (Å²) >= 11 is 0. The van der Waals surface area contributed by atoms with Gasteiger partial charge in [0, 0.05) is 11.8 Å². The van der Waals surface area contributed by atoms with E-state index in [1.807, 2.05) is 0 Å². The van der Waals surface area contributed by atoms with Crippen LogP contribution in [0.25, 0.3) is 93.5 Å². The van der Waals surface area contributed by atoms with Crippen LogP contribution in [0, 0.1) is 17.8 Å². The Kier molecular flexibility index (Phi) is 11.1. The van der Waals surface area contributed by atoms with Crippen molar-refractivity contribution >= 4 is 82.4 Å². The van der Waals surface area contributed by atoms with Crippen molar-refractivity contribution in [1.82, 2.24) is 0 Å². The van der Waals surface area contributed by atoms with Gasteiger partial charge in [-0.15, -0.1) is 17.0 Å². The molecule has 2 atom stereocenters. The Morgan fingerprint density at radius 3 is 1.86 bits per heavy atom. The van der Waals surface area contributed by atoms with Crippen molar-refractivity contribution in [2.75, 3.05) is 0 Å². The Bertz CT molecular complexity index is 4020. The molecule has 0 saturated heterocycles. The summed E-state index contributed by atoms with van der Waals surface area (Å²) in [7, 11) is 0. The summed E-state index contributed by atoms with van der Waals surface area (Å²) in [5.41, 5.74) is 17.9. The monoisotopic (exact) mass is 964 g/mol. The van der Waals surface area contributed by atoms with E-state index in [0.29, 0.717) is 0 Å². The van der Waals surface area contributed by atoms with E-state index in [9.17, 15) is 0 Å². The molecule has 0 bridgehead atoms. The number of rotatable bonds is 4. The van der Waals surface area contributed by atoms with E-state index in [1.54, 1.807) is 0 Å². The normalized spacial score (nSPS) is 18.1. The lowest BCUT2D eigenvalue weighted by Gasteiger charge is -2.34. The highest BCUT2D eigenvalue weighted by atomic mass is 14.4. The van der Waals surface area contributed by atoms with Crippen molar-refractivity contribution in [3.8, 4) is 11.1 Å². The molecule has 0 heteroatoms. The van der Waals surface area contributed by atoms with Gasteiger partial charge in [0.25, 0.3) is 0 Å². The second-order valence-corrected chi connectivity index (χ2v) is 26.5. The highest BCUT2D eigenvalue weighted by Gasteiger charge is 2.35. The number of benzene rings is 7. The minimum Gasteiger partial charge on any atom is -0.198 e. The minimum absolute atomic E-state index is 0.0455. The van der Waals surface area contributed by atoms with Crippen molar-refractivity contribution in [3.05, 3.63) is 201 Å². The van der Waals surface area contributed by atoms with Gasteiger partial charge >= 0.3 is 0 Å². The second kappa shape index (κ2) is 16.9. The zero-order chi connectivity index (χ0) is 52.0. The van der Waals surface area contributed by atoms with Crippen LogP contribution in [0.5, 0.6) is 0 Å². The summed E-state index contributed by atoms with van der Waals surface area (Å²) in [6.07, 6.45) is 23.8. The quantitative estimate of drug-likeness (QED) is 0.154. The fourth-order valence-corrected chi connectivity index (χ4v) is 13.5. The third kappa shape index (κ3) is 7.63. The van der Waals surface area contributed by atoms with Crippen molar-refractivity contribution in [2.24, 2.45) is 10.8 Å². The highest BCUT2D eigenvalue weighted by Crippen LogP contribution is 2.56. The number of aryl methyl sites for hydroxylation is 1. The molecule has 0 nitrogen and oxygen atoms in total. The first-order valence-corrected chi connectivity index (χ1v) is 27.7. The Labute approximate surface area is 441 Å². The number of hydrogen-bond acceptors (Lipinski definition) is 0. The van der Waals surface area contributed by atoms with Crippen molar-refractivity contribution in [2.45, 2.75) is 138 Å². The minimum atomic E-state index is -0.0626. The molecule has 0 spiro atoms. The fraction of sp³-hybridized carbons (Fsp3) is 0.311. The second-order valence-electron chi connectivity index (χ2n) is 26.5. The van der Waals surface area contributed by atoms with Gasteiger partial charge in [-0.1, -0.05) is 226 Å². The van der Waals surface area contributed by atoms with Gasteiger partial charge in [0.05, 0.1) is 0 Å². The third-order valence-electron chi connectivity index (χ3n) is 17.7. The fourth-order valence-electron chi connectivity index (χ4n) is 13.5. The molecule has 0 radical (unpaired) electrons. The molecule has 372 valence electrons. The predicted molar refractivity (Wildman–Crippen MR) is 326 cm³/mol. The van der Waals surface area contributed by atoms with E-state index >= 15 is 0 Å². The molecule has 2 unspecified atom stereocenters. The lowest BCUT2D eigenvalue weighted by atomic mass is 9.70. The van der Waals surface area contributed by atoms with Crippen LogP contribution in [0.1, 0.15) is 166 Å². The Balaban J connectivity index is 1.32. The molecule has 3 aliphatic carbocycles. The topological polar surface area (TPSA) is 0 Å². The maximum absolute atomic E-state index is 4.90. The maximum Gasteiger partial charge on any atom is 0.0140 e. The molecule has 9 aromatic rings. The van der Waals surface area contributed by atoms with E-state index in [1.165, 1.54) is 137 Å². The average molecular weight is 964 g/mol. The van der Waals surface area contributed by atoms with Crippen LogP contribution in [0.3, 0.4) is 0 Å². The molecule has 0 N–H and O–H groups in total. The molecule has 74 heavy (non-hydrogen) atoms. The van der Waals surface area contributed by atoms with E-state index in [2.05, 4.69) is 236 Å². The zero-order valence-corrected chi connectivity index (χ0v) is 46.5. The summed E-state index contributed by atoms with van der Waals surface area (Å²) in [5, 5.41) is 17.4. The maximum atomic E-state index is 4.90.